The molecule has 3 aliphatic heterocycles. The minimum atomic E-state index is -3.46. The second kappa shape index (κ2) is 9.54. The molecule has 1 spiro atoms. The molecule has 2 atom stereocenters. The van der Waals surface area contributed by atoms with Crippen molar-refractivity contribution in [1.82, 2.24) is 9.21 Å². The number of carbonyl (C=O) groups excluding carboxylic acids is 1. The number of carbonyl (C=O) groups is 1. The van der Waals surface area contributed by atoms with Crippen molar-refractivity contribution < 1.29 is 22.7 Å². The van der Waals surface area contributed by atoms with Gasteiger partial charge in [0, 0.05) is 45.6 Å². The largest absolute Gasteiger partial charge is 0.378 e. The van der Waals surface area contributed by atoms with Crippen LogP contribution in [0.1, 0.15) is 38.5 Å². The number of anilines is 1. The van der Waals surface area contributed by atoms with E-state index >= 15 is 0 Å². The zero-order valence-corrected chi connectivity index (χ0v) is 19.0. The van der Waals surface area contributed by atoms with Gasteiger partial charge in [0.05, 0.1) is 17.5 Å². The van der Waals surface area contributed by atoms with Crippen LogP contribution in [-0.2, 0) is 24.3 Å². The lowest BCUT2D eigenvalue weighted by atomic mass is 9.87. The van der Waals surface area contributed by atoms with Gasteiger partial charge in [0.25, 0.3) is 0 Å². The average molecular weight is 452 g/mol. The summed E-state index contributed by atoms with van der Waals surface area (Å²) in [6.07, 6.45) is 5.77. The summed E-state index contributed by atoms with van der Waals surface area (Å²) in [5, 5.41) is 2.89. The number of benzene rings is 1. The van der Waals surface area contributed by atoms with E-state index in [2.05, 4.69) is 10.2 Å². The Bertz CT molecular complexity index is 862. The van der Waals surface area contributed by atoms with Gasteiger partial charge in [0.2, 0.25) is 15.9 Å². The lowest BCUT2D eigenvalue weighted by Crippen LogP contribution is -2.58. The second-order valence-electron chi connectivity index (χ2n) is 8.78. The van der Waals surface area contributed by atoms with Gasteiger partial charge in [-0.25, -0.2) is 8.42 Å². The van der Waals surface area contributed by atoms with Crippen molar-refractivity contribution in [3.05, 3.63) is 24.3 Å². The van der Waals surface area contributed by atoms with Gasteiger partial charge in [-0.2, -0.15) is 4.31 Å². The third-order valence-corrected chi connectivity index (χ3v) is 8.57. The lowest BCUT2D eigenvalue weighted by Gasteiger charge is -2.44. The molecular formula is C22H33N3O5S. The summed E-state index contributed by atoms with van der Waals surface area (Å²) in [4.78, 5) is 15.0. The predicted octanol–water partition coefficient (Wildman–Crippen LogP) is 2.07. The van der Waals surface area contributed by atoms with Crippen molar-refractivity contribution in [3.63, 3.8) is 0 Å². The van der Waals surface area contributed by atoms with E-state index in [1.807, 2.05) is 0 Å². The van der Waals surface area contributed by atoms with Crippen LogP contribution in [0.5, 0.6) is 0 Å². The molecule has 1 aromatic rings. The summed E-state index contributed by atoms with van der Waals surface area (Å²) < 4.78 is 38.8. The Morgan fingerprint density at radius 1 is 1.16 bits per heavy atom. The van der Waals surface area contributed by atoms with Crippen molar-refractivity contribution in [3.8, 4) is 0 Å². The van der Waals surface area contributed by atoms with E-state index in [9.17, 15) is 13.2 Å². The van der Waals surface area contributed by atoms with Crippen LogP contribution in [0.3, 0.4) is 0 Å². The van der Waals surface area contributed by atoms with Crippen molar-refractivity contribution in [1.29, 1.82) is 0 Å². The highest BCUT2D eigenvalue weighted by molar-refractivity contribution is 7.89. The van der Waals surface area contributed by atoms with Crippen LogP contribution >= 0.6 is 0 Å². The Labute approximate surface area is 184 Å². The first-order chi connectivity index (χ1) is 14.9. The van der Waals surface area contributed by atoms with Gasteiger partial charge < -0.3 is 14.8 Å². The van der Waals surface area contributed by atoms with Crippen LogP contribution in [0.25, 0.3) is 0 Å². The average Bonchev–Trinajstić information content (AvgIpc) is 3.23. The van der Waals surface area contributed by atoms with Crippen LogP contribution in [0.2, 0.25) is 0 Å². The van der Waals surface area contributed by atoms with E-state index in [0.29, 0.717) is 25.3 Å². The highest BCUT2D eigenvalue weighted by Crippen LogP contribution is 2.36. The van der Waals surface area contributed by atoms with E-state index in [0.717, 1.165) is 51.7 Å². The molecule has 3 heterocycles. The van der Waals surface area contributed by atoms with E-state index in [1.165, 1.54) is 0 Å². The highest BCUT2D eigenvalue weighted by Gasteiger charge is 2.47. The number of rotatable bonds is 6. The molecule has 9 heteroatoms. The van der Waals surface area contributed by atoms with Crippen molar-refractivity contribution in [2.45, 2.75) is 55.1 Å². The van der Waals surface area contributed by atoms with Gasteiger partial charge in [0.1, 0.15) is 5.60 Å². The van der Waals surface area contributed by atoms with Crippen molar-refractivity contribution in [2.24, 2.45) is 0 Å². The normalized spacial score (nSPS) is 28.1. The monoisotopic (exact) mass is 451 g/mol. The number of methoxy groups -OCH3 is 1. The molecule has 0 aliphatic carbocycles. The topological polar surface area (TPSA) is 88.2 Å². The fourth-order valence-corrected chi connectivity index (χ4v) is 6.57. The summed E-state index contributed by atoms with van der Waals surface area (Å²) in [6, 6.07) is 6.47. The van der Waals surface area contributed by atoms with Gasteiger partial charge in [-0.1, -0.05) is 6.42 Å². The number of amides is 1. The van der Waals surface area contributed by atoms with Crippen LogP contribution in [0, 0.1) is 0 Å². The van der Waals surface area contributed by atoms with Crippen LogP contribution in [-0.4, -0.2) is 81.7 Å². The Kier molecular flexibility index (Phi) is 6.98. The zero-order valence-electron chi connectivity index (χ0n) is 18.2. The molecule has 172 valence electrons. The Hall–Kier alpha value is -1.52. The molecule has 3 aliphatic rings. The maximum Gasteiger partial charge on any atom is 0.243 e. The quantitative estimate of drug-likeness (QED) is 0.712. The minimum absolute atomic E-state index is 0.0729. The first-order valence-corrected chi connectivity index (χ1v) is 12.7. The summed E-state index contributed by atoms with van der Waals surface area (Å²) in [5.74, 6) is -0.115. The van der Waals surface area contributed by atoms with Crippen LogP contribution < -0.4 is 5.32 Å². The molecule has 0 radical (unpaired) electrons. The molecule has 31 heavy (non-hydrogen) atoms. The van der Waals surface area contributed by atoms with E-state index in [1.54, 1.807) is 35.7 Å². The molecule has 0 saturated carbocycles. The molecule has 2 unspecified atom stereocenters. The summed E-state index contributed by atoms with van der Waals surface area (Å²) >= 11 is 0. The minimum Gasteiger partial charge on any atom is -0.378 e. The first kappa shape index (κ1) is 22.7. The SMILES string of the molecule is COC1CCN(CC(=O)Nc2ccc(S(=O)(=O)N3CCCCC3)cc2)CC12CCCO2. The molecule has 1 aromatic carbocycles. The number of hydrogen-bond donors (Lipinski definition) is 1. The Morgan fingerprint density at radius 3 is 2.55 bits per heavy atom. The first-order valence-electron chi connectivity index (χ1n) is 11.2. The number of piperidine rings is 2. The van der Waals surface area contributed by atoms with Gasteiger partial charge in [-0.15, -0.1) is 0 Å². The van der Waals surface area contributed by atoms with E-state index in [4.69, 9.17) is 9.47 Å². The fourth-order valence-electron chi connectivity index (χ4n) is 5.06. The van der Waals surface area contributed by atoms with Crippen LogP contribution in [0.4, 0.5) is 5.69 Å². The number of likely N-dealkylation sites (tertiary alicyclic amines) is 1. The van der Waals surface area contributed by atoms with Crippen molar-refractivity contribution >= 4 is 21.6 Å². The lowest BCUT2D eigenvalue weighted by molar-refractivity contribution is -0.146. The molecule has 0 bridgehead atoms. The maximum absolute atomic E-state index is 12.8. The molecule has 4 rings (SSSR count). The van der Waals surface area contributed by atoms with Gasteiger partial charge in [-0.3, -0.25) is 9.69 Å². The predicted molar refractivity (Wildman–Crippen MR) is 117 cm³/mol. The molecule has 3 fully saturated rings. The molecule has 1 amide bonds. The van der Waals surface area contributed by atoms with Crippen molar-refractivity contribution in [2.75, 3.05) is 51.8 Å². The fraction of sp³-hybridized carbons (Fsp3) is 0.682. The van der Waals surface area contributed by atoms with Crippen LogP contribution in [0.15, 0.2) is 29.2 Å². The molecule has 8 nitrogen and oxygen atoms in total. The van der Waals surface area contributed by atoms with E-state index in [-0.39, 0.29) is 29.1 Å². The van der Waals surface area contributed by atoms with E-state index < -0.39 is 10.0 Å². The zero-order chi connectivity index (χ0) is 21.9. The number of ether oxygens (including phenoxy) is 2. The van der Waals surface area contributed by atoms with Gasteiger partial charge in [0.15, 0.2) is 0 Å². The Morgan fingerprint density at radius 2 is 1.90 bits per heavy atom. The highest BCUT2D eigenvalue weighted by atomic mass is 32.2. The maximum atomic E-state index is 12.8. The molecular weight excluding hydrogens is 418 g/mol. The summed E-state index contributed by atoms with van der Waals surface area (Å²) in [7, 11) is -1.74. The third-order valence-electron chi connectivity index (χ3n) is 6.66. The van der Waals surface area contributed by atoms with Gasteiger partial charge >= 0.3 is 0 Å². The van der Waals surface area contributed by atoms with Gasteiger partial charge in [-0.05, 0) is 56.4 Å². The molecule has 3 saturated heterocycles. The second-order valence-corrected chi connectivity index (χ2v) is 10.7. The Balaban J connectivity index is 1.34. The number of sulfonamides is 1. The summed E-state index contributed by atoms with van der Waals surface area (Å²) in [6.45, 7) is 3.63. The third kappa shape index (κ3) is 4.96. The molecule has 1 N–H and O–H groups in total. The summed E-state index contributed by atoms with van der Waals surface area (Å²) in [5.41, 5.74) is 0.291. The number of nitrogens with one attached hydrogen (secondary N) is 1. The number of hydrogen-bond acceptors (Lipinski definition) is 6. The standard InChI is InChI=1S/C22H33N3O5S/c1-29-20-10-14-24(17-22(20)11-5-15-30-22)16-21(26)23-18-6-8-19(9-7-18)31(27,28)25-12-3-2-4-13-25/h6-9,20H,2-5,10-17H2,1H3,(H,23,26). The smallest absolute Gasteiger partial charge is 0.243 e. The molecule has 0 aromatic heterocycles. The number of nitrogens with zero attached hydrogens (tertiary/aromatic N) is 2.